The van der Waals surface area contributed by atoms with E-state index in [4.69, 9.17) is 11.5 Å². The van der Waals surface area contributed by atoms with Gasteiger partial charge in [0.05, 0.1) is 11.4 Å². The summed E-state index contributed by atoms with van der Waals surface area (Å²) in [6.07, 6.45) is 3.07. The number of hydrogen-bond acceptors (Lipinski definition) is 2. The highest BCUT2D eigenvalue weighted by Crippen LogP contribution is 2.18. The molecule has 1 aromatic rings. The van der Waals surface area contributed by atoms with Gasteiger partial charge in [-0.15, -0.1) is 0 Å². The minimum absolute atomic E-state index is 0.656. The summed E-state index contributed by atoms with van der Waals surface area (Å²) in [5.74, 6) is 0. The summed E-state index contributed by atoms with van der Waals surface area (Å²) in [4.78, 5) is 0. The predicted octanol–water partition coefficient (Wildman–Crippen LogP) is 2.75. The lowest BCUT2D eigenvalue weighted by atomic mass is 10.0. The second-order valence-corrected chi connectivity index (χ2v) is 3.57. The summed E-state index contributed by atoms with van der Waals surface area (Å²) < 4.78 is 0. The first kappa shape index (κ1) is 10.6. The molecule has 76 valence electrons. The summed E-state index contributed by atoms with van der Waals surface area (Å²) in [5, 5.41) is 0. The molecule has 0 amide bonds. The lowest BCUT2D eigenvalue weighted by molar-refractivity contribution is 0.891. The van der Waals surface area contributed by atoms with Crippen molar-refractivity contribution in [2.24, 2.45) is 0 Å². The average Bonchev–Trinajstić information content (AvgIpc) is 2.19. The highest BCUT2D eigenvalue weighted by atomic mass is 14.7. The van der Waals surface area contributed by atoms with Gasteiger partial charge in [0, 0.05) is 0 Å². The van der Waals surface area contributed by atoms with Gasteiger partial charge in [-0.1, -0.05) is 25.1 Å². The average molecular weight is 190 g/mol. The van der Waals surface area contributed by atoms with Gasteiger partial charge in [-0.2, -0.15) is 0 Å². The van der Waals surface area contributed by atoms with Crippen LogP contribution in [0.2, 0.25) is 0 Å². The van der Waals surface area contributed by atoms with E-state index in [1.165, 1.54) is 11.1 Å². The molecule has 0 aromatic heterocycles. The third kappa shape index (κ3) is 2.80. The van der Waals surface area contributed by atoms with E-state index in [-0.39, 0.29) is 0 Å². The van der Waals surface area contributed by atoms with Crippen molar-refractivity contribution in [3.63, 3.8) is 0 Å². The van der Waals surface area contributed by atoms with Gasteiger partial charge in [-0.25, -0.2) is 0 Å². The fraction of sp³-hybridized carbons (Fsp3) is 0.333. The van der Waals surface area contributed by atoms with Crippen LogP contribution in [-0.4, -0.2) is 0 Å². The van der Waals surface area contributed by atoms with Crippen molar-refractivity contribution < 1.29 is 0 Å². The molecule has 14 heavy (non-hydrogen) atoms. The van der Waals surface area contributed by atoms with Crippen LogP contribution in [0.25, 0.3) is 0 Å². The molecule has 1 rings (SSSR count). The molecule has 0 aliphatic rings. The molecule has 1 aromatic carbocycles. The topological polar surface area (TPSA) is 52.0 Å². The first-order valence-electron chi connectivity index (χ1n) is 4.94. The third-order valence-corrected chi connectivity index (χ3v) is 2.42. The van der Waals surface area contributed by atoms with Crippen molar-refractivity contribution in [2.75, 3.05) is 11.5 Å². The largest absolute Gasteiger partial charge is 0.397 e. The van der Waals surface area contributed by atoms with Gasteiger partial charge in [-0.05, 0) is 37.0 Å². The van der Waals surface area contributed by atoms with Gasteiger partial charge in [0.25, 0.3) is 0 Å². The van der Waals surface area contributed by atoms with Crippen LogP contribution in [-0.2, 0) is 6.42 Å². The van der Waals surface area contributed by atoms with E-state index >= 15 is 0 Å². The number of nitrogens with two attached hydrogens (primary N) is 2. The second kappa shape index (κ2) is 4.70. The molecule has 0 bridgehead atoms. The summed E-state index contributed by atoms with van der Waals surface area (Å²) in [6, 6.07) is 5.83. The first-order valence-corrected chi connectivity index (χ1v) is 4.94. The van der Waals surface area contributed by atoms with Crippen molar-refractivity contribution in [1.82, 2.24) is 0 Å². The molecule has 0 saturated carbocycles. The summed E-state index contributed by atoms with van der Waals surface area (Å²) in [5.41, 5.74) is 15.2. The summed E-state index contributed by atoms with van der Waals surface area (Å²) in [7, 11) is 0. The molecule has 4 N–H and O–H groups in total. The standard InChI is InChI=1S/C12H18N2/c1-3-9(2)4-5-10-6-7-11(13)12(14)8-10/h6-8H,2-5,13-14H2,1H3. The van der Waals surface area contributed by atoms with Crippen LogP contribution in [0.3, 0.4) is 0 Å². The van der Waals surface area contributed by atoms with Crippen molar-refractivity contribution in [3.8, 4) is 0 Å². The Balaban J connectivity index is 2.60. The molecule has 0 aliphatic heterocycles. The van der Waals surface area contributed by atoms with Crippen molar-refractivity contribution in [1.29, 1.82) is 0 Å². The highest BCUT2D eigenvalue weighted by Gasteiger charge is 1.98. The number of nitrogen functional groups attached to an aromatic ring is 2. The smallest absolute Gasteiger partial charge is 0.0550 e. The fourth-order valence-electron chi connectivity index (χ4n) is 1.28. The molecule has 0 fully saturated rings. The van der Waals surface area contributed by atoms with Crippen LogP contribution in [0.15, 0.2) is 30.4 Å². The summed E-state index contributed by atoms with van der Waals surface area (Å²) in [6.45, 7) is 6.10. The number of aryl methyl sites for hydroxylation is 1. The number of hydrogen-bond donors (Lipinski definition) is 2. The molecule has 0 radical (unpaired) electrons. The lowest BCUT2D eigenvalue weighted by Gasteiger charge is -2.05. The van der Waals surface area contributed by atoms with E-state index in [2.05, 4.69) is 13.5 Å². The maximum Gasteiger partial charge on any atom is 0.0550 e. The van der Waals surface area contributed by atoms with Crippen LogP contribution in [0.1, 0.15) is 25.3 Å². The maximum atomic E-state index is 5.71. The van der Waals surface area contributed by atoms with Crippen LogP contribution in [0, 0.1) is 0 Å². The minimum atomic E-state index is 0.656. The lowest BCUT2D eigenvalue weighted by Crippen LogP contribution is -1.96. The third-order valence-electron chi connectivity index (χ3n) is 2.42. The van der Waals surface area contributed by atoms with E-state index in [9.17, 15) is 0 Å². The van der Waals surface area contributed by atoms with Crippen molar-refractivity contribution in [2.45, 2.75) is 26.2 Å². The number of rotatable bonds is 4. The first-order chi connectivity index (χ1) is 6.63. The van der Waals surface area contributed by atoms with Gasteiger partial charge in [0.1, 0.15) is 0 Å². The molecular weight excluding hydrogens is 172 g/mol. The maximum absolute atomic E-state index is 5.71. The van der Waals surface area contributed by atoms with Crippen LogP contribution < -0.4 is 11.5 Å². The Kier molecular flexibility index (Phi) is 3.57. The zero-order valence-electron chi connectivity index (χ0n) is 8.72. The van der Waals surface area contributed by atoms with Crippen LogP contribution in [0.4, 0.5) is 11.4 Å². The van der Waals surface area contributed by atoms with Gasteiger partial charge >= 0.3 is 0 Å². The quantitative estimate of drug-likeness (QED) is 0.566. The van der Waals surface area contributed by atoms with Gasteiger partial charge in [0.15, 0.2) is 0 Å². The Morgan fingerprint density at radius 1 is 1.29 bits per heavy atom. The number of allylic oxidation sites excluding steroid dienone is 1. The molecule has 0 aliphatic carbocycles. The fourth-order valence-corrected chi connectivity index (χ4v) is 1.28. The molecule has 2 heteroatoms. The van der Waals surface area contributed by atoms with Crippen LogP contribution in [0.5, 0.6) is 0 Å². The van der Waals surface area contributed by atoms with Crippen molar-refractivity contribution in [3.05, 3.63) is 35.9 Å². The van der Waals surface area contributed by atoms with Gasteiger partial charge in [-0.3, -0.25) is 0 Å². The van der Waals surface area contributed by atoms with E-state index in [1.54, 1.807) is 0 Å². The Labute approximate surface area is 85.6 Å². The Bertz CT molecular complexity index is 329. The SMILES string of the molecule is C=C(CC)CCc1ccc(N)c(N)c1. The number of anilines is 2. The second-order valence-electron chi connectivity index (χ2n) is 3.57. The van der Waals surface area contributed by atoms with E-state index in [1.807, 2.05) is 18.2 Å². The van der Waals surface area contributed by atoms with E-state index < -0.39 is 0 Å². The van der Waals surface area contributed by atoms with E-state index in [0.717, 1.165) is 19.3 Å². The Morgan fingerprint density at radius 2 is 2.00 bits per heavy atom. The summed E-state index contributed by atoms with van der Waals surface area (Å²) >= 11 is 0. The van der Waals surface area contributed by atoms with Gasteiger partial charge in [0.2, 0.25) is 0 Å². The molecule has 0 spiro atoms. The molecule has 0 heterocycles. The molecule has 0 atom stereocenters. The number of benzene rings is 1. The van der Waals surface area contributed by atoms with Crippen LogP contribution >= 0.6 is 0 Å². The molecule has 0 saturated heterocycles. The molecule has 2 nitrogen and oxygen atoms in total. The van der Waals surface area contributed by atoms with E-state index in [0.29, 0.717) is 11.4 Å². The molecular formula is C12H18N2. The minimum Gasteiger partial charge on any atom is -0.397 e. The van der Waals surface area contributed by atoms with Gasteiger partial charge < -0.3 is 11.5 Å². The zero-order valence-corrected chi connectivity index (χ0v) is 8.72. The Hall–Kier alpha value is -1.44. The normalized spacial score (nSPS) is 10.1. The molecule has 0 unspecified atom stereocenters. The van der Waals surface area contributed by atoms with Crippen molar-refractivity contribution >= 4 is 11.4 Å². The Morgan fingerprint density at radius 3 is 2.57 bits per heavy atom. The predicted molar refractivity (Wildman–Crippen MR) is 63.0 cm³/mol. The monoisotopic (exact) mass is 190 g/mol. The highest BCUT2D eigenvalue weighted by molar-refractivity contribution is 5.63. The zero-order chi connectivity index (χ0) is 10.6.